The molecule has 0 spiro atoms. The molecule has 0 bridgehead atoms. The van der Waals surface area contributed by atoms with Crippen molar-refractivity contribution >= 4 is 27.0 Å². The molecule has 0 radical (unpaired) electrons. The second kappa shape index (κ2) is 6.89. The lowest BCUT2D eigenvalue weighted by Crippen LogP contribution is -2.32. The molecule has 1 heterocycles. The maximum atomic E-state index is 12.6. The van der Waals surface area contributed by atoms with E-state index >= 15 is 0 Å². The Morgan fingerprint density at radius 2 is 1.77 bits per heavy atom. The largest absolute Gasteiger partial charge is 0.348 e. The van der Waals surface area contributed by atoms with Gasteiger partial charge in [-0.25, -0.2) is 18.5 Å². The third-order valence-corrected chi connectivity index (χ3v) is 5.27. The molecule has 3 rings (SSSR count). The molecule has 0 fully saturated rings. The van der Waals surface area contributed by atoms with Gasteiger partial charge in [-0.05, 0) is 43.7 Å². The van der Waals surface area contributed by atoms with Crippen molar-refractivity contribution in [2.24, 2.45) is 5.14 Å². The highest BCUT2D eigenvalue weighted by Gasteiger charge is 2.19. The van der Waals surface area contributed by atoms with Crippen LogP contribution < -0.4 is 10.5 Å². The molecular formula is C18H20N4O3S. The number of nitrogens with one attached hydrogen (secondary N) is 1. The molecule has 3 N–H and O–H groups in total. The number of aromatic nitrogens is 2. The summed E-state index contributed by atoms with van der Waals surface area (Å²) < 4.78 is 24.5. The van der Waals surface area contributed by atoms with Crippen LogP contribution in [0.4, 0.5) is 0 Å². The Morgan fingerprint density at radius 3 is 2.42 bits per heavy atom. The SMILES string of the molecule is CC(NC(=O)C(C)n1cnc2ccccc21)c1ccc(S(N)(=O)=O)cc1. The van der Waals surface area contributed by atoms with Gasteiger partial charge in [-0.2, -0.15) is 0 Å². The number of para-hydroxylation sites is 2. The summed E-state index contributed by atoms with van der Waals surface area (Å²) in [5, 5.41) is 8.04. The maximum Gasteiger partial charge on any atom is 0.243 e. The number of carbonyl (C=O) groups is 1. The summed E-state index contributed by atoms with van der Waals surface area (Å²) in [6, 6.07) is 13.0. The van der Waals surface area contributed by atoms with Crippen LogP contribution in [0.5, 0.6) is 0 Å². The van der Waals surface area contributed by atoms with Crippen molar-refractivity contribution < 1.29 is 13.2 Å². The molecule has 1 amide bonds. The van der Waals surface area contributed by atoms with Crippen LogP contribution >= 0.6 is 0 Å². The van der Waals surface area contributed by atoms with E-state index in [1.54, 1.807) is 25.4 Å². The Bertz CT molecular complexity index is 1040. The number of primary sulfonamides is 1. The van der Waals surface area contributed by atoms with E-state index in [4.69, 9.17) is 5.14 Å². The summed E-state index contributed by atoms with van der Waals surface area (Å²) in [6.07, 6.45) is 1.65. The zero-order chi connectivity index (χ0) is 18.9. The molecule has 0 aliphatic carbocycles. The van der Waals surface area contributed by atoms with E-state index in [1.165, 1.54) is 12.1 Å². The van der Waals surface area contributed by atoms with Gasteiger partial charge in [0.1, 0.15) is 6.04 Å². The second-order valence-electron chi connectivity index (χ2n) is 6.16. The third kappa shape index (κ3) is 3.61. The summed E-state index contributed by atoms with van der Waals surface area (Å²) in [5.74, 6) is -0.156. The summed E-state index contributed by atoms with van der Waals surface area (Å²) in [7, 11) is -3.73. The van der Waals surface area contributed by atoms with Crippen molar-refractivity contribution in [1.29, 1.82) is 0 Å². The second-order valence-corrected chi connectivity index (χ2v) is 7.72. The van der Waals surface area contributed by atoms with Crippen LogP contribution in [0.25, 0.3) is 11.0 Å². The fourth-order valence-electron chi connectivity index (χ4n) is 2.78. The first kappa shape index (κ1) is 18.1. The third-order valence-electron chi connectivity index (χ3n) is 4.35. The van der Waals surface area contributed by atoms with Gasteiger partial charge in [0, 0.05) is 0 Å². The van der Waals surface area contributed by atoms with Gasteiger partial charge in [-0.15, -0.1) is 0 Å². The van der Waals surface area contributed by atoms with Crippen LogP contribution in [0, 0.1) is 0 Å². The number of imidazole rings is 1. The Labute approximate surface area is 151 Å². The normalized spacial score (nSPS) is 14.1. The van der Waals surface area contributed by atoms with Crippen LogP contribution in [0.3, 0.4) is 0 Å². The van der Waals surface area contributed by atoms with Gasteiger partial charge in [-0.1, -0.05) is 24.3 Å². The number of carbonyl (C=O) groups excluding carboxylic acids is 1. The first-order valence-electron chi connectivity index (χ1n) is 8.12. The summed E-state index contributed by atoms with van der Waals surface area (Å²) in [4.78, 5) is 17.0. The monoisotopic (exact) mass is 372 g/mol. The molecule has 0 aliphatic heterocycles. The fourth-order valence-corrected chi connectivity index (χ4v) is 3.29. The average molecular weight is 372 g/mol. The quantitative estimate of drug-likeness (QED) is 0.715. The van der Waals surface area contributed by atoms with Gasteiger partial charge in [0.15, 0.2) is 0 Å². The van der Waals surface area contributed by atoms with Gasteiger partial charge in [0.05, 0.1) is 28.3 Å². The highest BCUT2D eigenvalue weighted by Crippen LogP contribution is 2.20. The molecule has 3 aromatic rings. The van der Waals surface area contributed by atoms with Crippen molar-refractivity contribution in [2.75, 3.05) is 0 Å². The van der Waals surface area contributed by atoms with E-state index in [-0.39, 0.29) is 16.8 Å². The van der Waals surface area contributed by atoms with E-state index in [9.17, 15) is 13.2 Å². The minimum atomic E-state index is -3.73. The van der Waals surface area contributed by atoms with Gasteiger partial charge >= 0.3 is 0 Å². The highest BCUT2D eigenvalue weighted by molar-refractivity contribution is 7.89. The molecule has 2 aromatic carbocycles. The Hall–Kier alpha value is -2.71. The smallest absolute Gasteiger partial charge is 0.243 e. The summed E-state index contributed by atoms with van der Waals surface area (Å²) >= 11 is 0. The summed E-state index contributed by atoms with van der Waals surface area (Å²) in [5.41, 5.74) is 2.51. The Balaban J connectivity index is 1.74. The fraction of sp³-hybridized carbons (Fsp3) is 0.222. The molecule has 2 unspecified atom stereocenters. The predicted molar refractivity (Wildman–Crippen MR) is 98.8 cm³/mol. The molecule has 0 saturated heterocycles. The van der Waals surface area contributed by atoms with Gasteiger partial charge < -0.3 is 9.88 Å². The lowest BCUT2D eigenvalue weighted by molar-refractivity contribution is -0.124. The molecule has 0 aliphatic rings. The highest BCUT2D eigenvalue weighted by atomic mass is 32.2. The number of amides is 1. The van der Waals surface area contributed by atoms with Crippen molar-refractivity contribution in [3.63, 3.8) is 0 Å². The first-order valence-corrected chi connectivity index (χ1v) is 9.66. The predicted octanol–water partition coefficient (Wildman–Crippen LogP) is 2.12. The molecule has 26 heavy (non-hydrogen) atoms. The number of benzene rings is 2. The maximum absolute atomic E-state index is 12.6. The van der Waals surface area contributed by atoms with Gasteiger partial charge in [0.25, 0.3) is 0 Å². The van der Waals surface area contributed by atoms with Crippen LogP contribution in [-0.4, -0.2) is 23.9 Å². The number of fused-ring (bicyclic) bond motifs is 1. The Kier molecular flexibility index (Phi) is 4.80. The Morgan fingerprint density at radius 1 is 1.12 bits per heavy atom. The average Bonchev–Trinajstić information content (AvgIpc) is 3.04. The lowest BCUT2D eigenvalue weighted by atomic mass is 10.1. The number of nitrogens with zero attached hydrogens (tertiary/aromatic N) is 2. The van der Waals surface area contributed by atoms with Gasteiger partial charge in [0.2, 0.25) is 15.9 Å². The van der Waals surface area contributed by atoms with E-state index in [1.807, 2.05) is 35.8 Å². The van der Waals surface area contributed by atoms with Crippen LogP contribution in [0.2, 0.25) is 0 Å². The molecule has 1 aromatic heterocycles. The number of hydrogen-bond donors (Lipinski definition) is 2. The minimum absolute atomic E-state index is 0.0398. The molecule has 0 saturated carbocycles. The standard InChI is InChI=1S/C18H20N4O3S/c1-12(14-7-9-15(10-8-14)26(19,24)25)21-18(23)13(2)22-11-20-16-5-3-4-6-17(16)22/h3-13H,1-2H3,(H,21,23)(H2,19,24,25). The van der Waals surface area contributed by atoms with E-state index in [2.05, 4.69) is 10.3 Å². The molecule has 2 atom stereocenters. The molecule has 136 valence electrons. The van der Waals surface area contributed by atoms with Crippen molar-refractivity contribution in [2.45, 2.75) is 30.8 Å². The van der Waals surface area contributed by atoms with Crippen LogP contribution in [0.1, 0.15) is 31.5 Å². The van der Waals surface area contributed by atoms with Crippen molar-refractivity contribution in [3.05, 3.63) is 60.4 Å². The molecule has 7 nitrogen and oxygen atoms in total. The van der Waals surface area contributed by atoms with Crippen molar-refractivity contribution in [3.8, 4) is 0 Å². The zero-order valence-corrected chi connectivity index (χ0v) is 15.3. The van der Waals surface area contributed by atoms with Gasteiger partial charge in [-0.3, -0.25) is 4.79 Å². The number of nitrogens with two attached hydrogens (primary N) is 1. The van der Waals surface area contributed by atoms with E-state index in [0.717, 1.165) is 16.6 Å². The van der Waals surface area contributed by atoms with Crippen LogP contribution in [0.15, 0.2) is 59.8 Å². The number of sulfonamides is 1. The zero-order valence-electron chi connectivity index (χ0n) is 14.5. The molecule has 8 heteroatoms. The van der Waals surface area contributed by atoms with Crippen molar-refractivity contribution in [1.82, 2.24) is 14.9 Å². The van der Waals surface area contributed by atoms with Crippen LogP contribution in [-0.2, 0) is 14.8 Å². The van der Waals surface area contributed by atoms with E-state index in [0.29, 0.717) is 0 Å². The topological polar surface area (TPSA) is 107 Å². The lowest BCUT2D eigenvalue weighted by Gasteiger charge is -2.19. The van der Waals surface area contributed by atoms with E-state index < -0.39 is 16.1 Å². The first-order chi connectivity index (χ1) is 12.3. The molecular weight excluding hydrogens is 352 g/mol. The summed E-state index contributed by atoms with van der Waals surface area (Å²) in [6.45, 7) is 3.64. The number of hydrogen-bond acceptors (Lipinski definition) is 4. The minimum Gasteiger partial charge on any atom is -0.348 e. The number of rotatable bonds is 5.